The lowest BCUT2D eigenvalue weighted by Gasteiger charge is -2.33. The van der Waals surface area contributed by atoms with Crippen molar-refractivity contribution in [2.45, 2.75) is 71.9 Å². The molecule has 1 atom stereocenters. The van der Waals surface area contributed by atoms with Crippen LogP contribution in [0.4, 0.5) is 0 Å². The molecule has 0 saturated carbocycles. The Hall–Kier alpha value is -2.70. The normalized spacial score (nSPS) is 13.0. The zero-order valence-corrected chi connectivity index (χ0v) is 17.8. The third-order valence-electron chi connectivity index (χ3n) is 4.15. The predicted molar refractivity (Wildman–Crippen MR) is 111 cm³/mol. The molecule has 7 nitrogen and oxygen atoms in total. The van der Waals surface area contributed by atoms with Crippen LogP contribution in [0.3, 0.4) is 0 Å². The van der Waals surface area contributed by atoms with Crippen LogP contribution >= 0.6 is 0 Å². The number of nitrogens with one attached hydrogen (secondary N) is 1. The number of allylic oxidation sites excluding steroid dienone is 1. The first kappa shape index (κ1) is 24.3. The number of amides is 1. The predicted octanol–water partition coefficient (Wildman–Crippen LogP) is 3.87. The number of rotatable bonds is 12. The van der Waals surface area contributed by atoms with Crippen molar-refractivity contribution in [3.63, 3.8) is 0 Å². The van der Waals surface area contributed by atoms with E-state index in [1.807, 2.05) is 12.1 Å². The summed E-state index contributed by atoms with van der Waals surface area (Å²) >= 11 is 0. The summed E-state index contributed by atoms with van der Waals surface area (Å²) in [6.07, 6.45) is 9.72. The van der Waals surface area contributed by atoms with Gasteiger partial charge < -0.3 is 14.8 Å². The Kier molecular flexibility index (Phi) is 10.7. The minimum absolute atomic E-state index is 0.0396. The Labute approximate surface area is 172 Å². The smallest absolute Gasteiger partial charge is 0.305 e. The molecule has 0 aliphatic heterocycles. The summed E-state index contributed by atoms with van der Waals surface area (Å²) in [7, 11) is 0. The standard InChI is InChI=1S/C22H32N2O5/c1-5-6-7-8-9-10-12-20-13-11-14-21(23-20)22(24-17(2)25,29-19(4)27)15-16-28-18(3)26/h10-14H,5-9,15-16H2,1-4H3,(H,24,25)/b12-10+. The summed E-state index contributed by atoms with van der Waals surface area (Å²) in [5.41, 5.74) is -0.464. The first-order chi connectivity index (χ1) is 13.8. The average molecular weight is 405 g/mol. The molecular formula is C22H32N2O5. The monoisotopic (exact) mass is 404 g/mol. The lowest BCUT2D eigenvalue weighted by molar-refractivity contribution is -0.169. The van der Waals surface area contributed by atoms with Crippen LogP contribution in [0.1, 0.15) is 77.6 Å². The fourth-order valence-electron chi connectivity index (χ4n) is 2.91. The molecule has 0 aromatic carbocycles. The van der Waals surface area contributed by atoms with Gasteiger partial charge in [-0.05, 0) is 31.1 Å². The molecule has 0 aliphatic rings. The maximum absolute atomic E-state index is 11.8. The van der Waals surface area contributed by atoms with Crippen LogP contribution in [0, 0.1) is 0 Å². The van der Waals surface area contributed by atoms with Crippen molar-refractivity contribution in [2.75, 3.05) is 6.61 Å². The van der Waals surface area contributed by atoms with Crippen molar-refractivity contribution in [2.24, 2.45) is 0 Å². The van der Waals surface area contributed by atoms with E-state index in [2.05, 4.69) is 23.3 Å². The minimum Gasteiger partial charge on any atom is -0.466 e. The van der Waals surface area contributed by atoms with Crippen molar-refractivity contribution in [3.05, 3.63) is 35.7 Å². The van der Waals surface area contributed by atoms with E-state index in [-0.39, 0.29) is 13.0 Å². The number of unbranched alkanes of at least 4 members (excludes halogenated alkanes) is 4. The zero-order valence-electron chi connectivity index (χ0n) is 17.8. The molecule has 1 aromatic rings. The Bertz CT molecular complexity index is 699. The first-order valence-electron chi connectivity index (χ1n) is 10.0. The van der Waals surface area contributed by atoms with Gasteiger partial charge in [-0.15, -0.1) is 0 Å². The van der Waals surface area contributed by atoms with Gasteiger partial charge in [-0.25, -0.2) is 4.98 Å². The quantitative estimate of drug-likeness (QED) is 0.323. The van der Waals surface area contributed by atoms with Gasteiger partial charge in [-0.1, -0.05) is 38.3 Å². The van der Waals surface area contributed by atoms with Gasteiger partial charge in [0.25, 0.3) is 0 Å². The molecule has 0 spiro atoms. The van der Waals surface area contributed by atoms with Crippen LogP contribution < -0.4 is 5.32 Å². The number of nitrogens with zero attached hydrogens (tertiary/aromatic N) is 1. The van der Waals surface area contributed by atoms with Gasteiger partial charge in [0.2, 0.25) is 11.6 Å². The molecule has 0 aliphatic carbocycles. The molecule has 29 heavy (non-hydrogen) atoms. The number of ether oxygens (including phenoxy) is 2. The zero-order chi connectivity index (χ0) is 21.7. The van der Waals surface area contributed by atoms with Gasteiger partial charge in [-0.3, -0.25) is 14.4 Å². The van der Waals surface area contributed by atoms with Crippen LogP contribution in [0.5, 0.6) is 0 Å². The molecule has 0 fully saturated rings. The number of carbonyl (C=O) groups excluding carboxylic acids is 3. The van der Waals surface area contributed by atoms with Crippen molar-refractivity contribution in [1.82, 2.24) is 10.3 Å². The topological polar surface area (TPSA) is 94.6 Å². The third kappa shape index (κ3) is 9.36. The molecule has 160 valence electrons. The van der Waals surface area contributed by atoms with Gasteiger partial charge in [0.05, 0.1) is 12.3 Å². The highest BCUT2D eigenvalue weighted by Crippen LogP contribution is 2.26. The molecule has 1 rings (SSSR count). The Morgan fingerprint density at radius 3 is 2.48 bits per heavy atom. The number of hydrogen-bond donors (Lipinski definition) is 1. The number of carbonyl (C=O) groups is 3. The highest BCUT2D eigenvalue weighted by molar-refractivity contribution is 5.75. The van der Waals surface area contributed by atoms with Crippen LogP contribution in [0.15, 0.2) is 24.3 Å². The molecular weight excluding hydrogens is 372 g/mol. The van der Waals surface area contributed by atoms with E-state index in [1.54, 1.807) is 12.1 Å². The summed E-state index contributed by atoms with van der Waals surface area (Å²) in [6, 6.07) is 5.29. The van der Waals surface area contributed by atoms with Crippen molar-refractivity contribution in [1.29, 1.82) is 0 Å². The Morgan fingerprint density at radius 2 is 1.86 bits per heavy atom. The number of hydrogen-bond acceptors (Lipinski definition) is 6. The van der Waals surface area contributed by atoms with E-state index >= 15 is 0 Å². The fraction of sp³-hybridized carbons (Fsp3) is 0.545. The lowest BCUT2D eigenvalue weighted by atomic mass is 10.0. The van der Waals surface area contributed by atoms with Crippen LogP contribution in [0.2, 0.25) is 0 Å². The van der Waals surface area contributed by atoms with Gasteiger partial charge in [0, 0.05) is 27.2 Å². The molecule has 0 bridgehead atoms. The van der Waals surface area contributed by atoms with Gasteiger partial charge in [0.1, 0.15) is 5.69 Å². The molecule has 7 heteroatoms. The third-order valence-corrected chi connectivity index (χ3v) is 4.15. The van der Waals surface area contributed by atoms with Gasteiger partial charge >= 0.3 is 11.9 Å². The van der Waals surface area contributed by atoms with Crippen molar-refractivity contribution < 1.29 is 23.9 Å². The molecule has 0 saturated heterocycles. The van der Waals surface area contributed by atoms with E-state index in [9.17, 15) is 14.4 Å². The molecule has 1 amide bonds. The Morgan fingerprint density at radius 1 is 1.10 bits per heavy atom. The summed E-state index contributed by atoms with van der Waals surface area (Å²) in [5.74, 6) is -1.44. The lowest BCUT2D eigenvalue weighted by Crippen LogP contribution is -2.49. The average Bonchev–Trinajstić information content (AvgIpc) is 2.63. The van der Waals surface area contributed by atoms with Gasteiger partial charge in [0.15, 0.2) is 0 Å². The molecule has 1 aromatic heterocycles. The SMILES string of the molecule is CCCCCC/C=C/c1cccc(C(CCOC(C)=O)(NC(C)=O)OC(C)=O)n1. The summed E-state index contributed by atoms with van der Waals surface area (Å²) in [4.78, 5) is 39.3. The van der Waals surface area contributed by atoms with Gasteiger partial charge in [-0.2, -0.15) is 0 Å². The number of pyridine rings is 1. The summed E-state index contributed by atoms with van der Waals surface area (Å²) < 4.78 is 10.5. The highest BCUT2D eigenvalue weighted by Gasteiger charge is 2.38. The summed E-state index contributed by atoms with van der Waals surface area (Å²) in [6.45, 7) is 6.00. The Balaban J connectivity index is 3.08. The second-order valence-electron chi connectivity index (χ2n) is 6.89. The van der Waals surface area contributed by atoms with E-state index < -0.39 is 23.6 Å². The number of aromatic nitrogens is 1. The van der Waals surface area contributed by atoms with Crippen molar-refractivity contribution in [3.8, 4) is 0 Å². The van der Waals surface area contributed by atoms with Crippen LogP contribution in [-0.2, 0) is 29.6 Å². The maximum atomic E-state index is 11.8. The van der Waals surface area contributed by atoms with E-state index in [4.69, 9.17) is 9.47 Å². The second-order valence-corrected chi connectivity index (χ2v) is 6.89. The highest BCUT2D eigenvalue weighted by atomic mass is 16.6. The van der Waals surface area contributed by atoms with E-state index in [1.165, 1.54) is 40.0 Å². The van der Waals surface area contributed by atoms with Crippen molar-refractivity contribution >= 4 is 23.9 Å². The van der Waals surface area contributed by atoms with Crippen LogP contribution in [0.25, 0.3) is 6.08 Å². The molecule has 1 N–H and O–H groups in total. The summed E-state index contributed by atoms with van der Waals surface area (Å²) in [5, 5.41) is 2.67. The number of esters is 2. The van der Waals surface area contributed by atoms with E-state index in [0.717, 1.165) is 12.8 Å². The largest absolute Gasteiger partial charge is 0.466 e. The maximum Gasteiger partial charge on any atom is 0.305 e. The molecule has 1 heterocycles. The molecule has 0 radical (unpaired) electrons. The fourth-order valence-corrected chi connectivity index (χ4v) is 2.91. The second kappa shape index (κ2) is 12.7. The first-order valence-corrected chi connectivity index (χ1v) is 10.0. The minimum atomic E-state index is -1.52. The van der Waals surface area contributed by atoms with E-state index in [0.29, 0.717) is 11.4 Å². The molecule has 1 unspecified atom stereocenters. The van der Waals surface area contributed by atoms with Crippen LogP contribution in [-0.4, -0.2) is 29.4 Å².